The van der Waals surface area contributed by atoms with Crippen LogP contribution in [0.15, 0.2) is 16.6 Å². The van der Waals surface area contributed by atoms with Crippen molar-refractivity contribution in [3.8, 4) is 5.75 Å². The molecule has 98 valence electrons. The molecule has 1 aromatic rings. The Bertz CT molecular complexity index is 518. The maximum Gasteiger partial charge on any atom is 0.339 e. The monoisotopic (exact) mass is 312 g/mol. The molecular formula is C14H17BrO3. The largest absolute Gasteiger partial charge is 0.487 e. The summed E-state index contributed by atoms with van der Waals surface area (Å²) in [6, 6.07) is 3.55. The number of aromatic carboxylic acids is 1. The average molecular weight is 313 g/mol. The zero-order chi connectivity index (χ0) is 13.7. The van der Waals surface area contributed by atoms with E-state index in [1.165, 1.54) is 0 Å². The van der Waals surface area contributed by atoms with Gasteiger partial charge in [0.15, 0.2) is 0 Å². The van der Waals surface area contributed by atoms with E-state index in [1.54, 1.807) is 6.07 Å². The third-order valence-corrected chi connectivity index (χ3v) is 3.72. The smallest absolute Gasteiger partial charge is 0.339 e. The molecule has 0 saturated carbocycles. The molecule has 0 radical (unpaired) electrons. The zero-order valence-corrected chi connectivity index (χ0v) is 12.6. The third-order valence-electron chi connectivity index (χ3n) is 3.26. The summed E-state index contributed by atoms with van der Waals surface area (Å²) in [7, 11) is 0. The molecule has 0 bridgehead atoms. The summed E-state index contributed by atoms with van der Waals surface area (Å²) >= 11 is 3.37. The van der Waals surface area contributed by atoms with Gasteiger partial charge in [-0.05, 0) is 37.8 Å². The van der Waals surface area contributed by atoms with Crippen LogP contribution in [0.1, 0.15) is 50.0 Å². The molecule has 0 atom stereocenters. The molecule has 2 rings (SSSR count). The van der Waals surface area contributed by atoms with Crippen LogP contribution in [0.4, 0.5) is 0 Å². The minimum absolute atomic E-state index is 0.106. The molecule has 0 unspecified atom stereocenters. The maximum absolute atomic E-state index is 11.3. The quantitative estimate of drug-likeness (QED) is 0.853. The average Bonchev–Trinajstić information content (AvgIpc) is 2.15. The van der Waals surface area contributed by atoms with Crippen LogP contribution in [-0.2, 0) is 5.41 Å². The highest BCUT2D eigenvalue weighted by atomic mass is 79.9. The standard InChI is InChI=1S/C14H17BrO3/c1-13(2)7-14(3,4)18-11-9(12(16)17)5-8(15)6-10(11)13/h5-6H,7H2,1-4H3,(H,16,17). The number of ether oxygens (including phenoxy) is 1. The summed E-state index contributed by atoms with van der Waals surface area (Å²) in [6.45, 7) is 8.22. The van der Waals surface area contributed by atoms with Crippen molar-refractivity contribution in [1.82, 2.24) is 0 Å². The summed E-state index contributed by atoms with van der Waals surface area (Å²) in [5.74, 6) is -0.451. The van der Waals surface area contributed by atoms with Gasteiger partial charge in [-0.3, -0.25) is 0 Å². The maximum atomic E-state index is 11.3. The lowest BCUT2D eigenvalue weighted by atomic mass is 9.73. The van der Waals surface area contributed by atoms with E-state index in [2.05, 4.69) is 29.8 Å². The van der Waals surface area contributed by atoms with E-state index < -0.39 is 5.97 Å². The molecule has 1 N–H and O–H groups in total. The fourth-order valence-electron chi connectivity index (χ4n) is 2.84. The van der Waals surface area contributed by atoms with Crippen LogP contribution in [-0.4, -0.2) is 16.7 Å². The van der Waals surface area contributed by atoms with Crippen molar-refractivity contribution in [3.05, 3.63) is 27.7 Å². The second-order valence-electron chi connectivity index (χ2n) is 6.06. The van der Waals surface area contributed by atoms with Gasteiger partial charge < -0.3 is 9.84 Å². The van der Waals surface area contributed by atoms with E-state index in [4.69, 9.17) is 4.74 Å². The normalized spacial score (nSPS) is 19.8. The molecule has 3 nitrogen and oxygen atoms in total. The van der Waals surface area contributed by atoms with Crippen LogP contribution < -0.4 is 4.74 Å². The highest BCUT2D eigenvalue weighted by Gasteiger charge is 2.41. The van der Waals surface area contributed by atoms with E-state index in [1.807, 2.05) is 19.9 Å². The first-order valence-electron chi connectivity index (χ1n) is 5.89. The number of fused-ring (bicyclic) bond motifs is 1. The molecule has 0 amide bonds. The number of carboxylic acids is 1. The topological polar surface area (TPSA) is 46.5 Å². The van der Waals surface area contributed by atoms with Crippen molar-refractivity contribution in [1.29, 1.82) is 0 Å². The molecule has 1 aliphatic rings. The third kappa shape index (κ3) is 2.26. The van der Waals surface area contributed by atoms with Crippen LogP contribution in [0.3, 0.4) is 0 Å². The molecule has 1 heterocycles. The van der Waals surface area contributed by atoms with Crippen molar-refractivity contribution in [2.24, 2.45) is 0 Å². The molecule has 1 aromatic carbocycles. The van der Waals surface area contributed by atoms with Crippen molar-refractivity contribution in [3.63, 3.8) is 0 Å². The minimum Gasteiger partial charge on any atom is -0.487 e. The number of carbonyl (C=O) groups is 1. The summed E-state index contributed by atoms with van der Waals surface area (Å²) in [6.07, 6.45) is 0.850. The molecule has 1 aliphatic heterocycles. The fourth-order valence-corrected chi connectivity index (χ4v) is 3.29. The SMILES string of the molecule is CC1(C)CC(C)(C)c2cc(Br)cc(C(=O)O)c2O1. The number of benzene rings is 1. The van der Waals surface area contributed by atoms with Crippen molar-refractivity contribution in [2.45, 2.75) is 45.1 Å². The first-order valence-corrected chi connectivity index (χ1v) is 6.68. The van der Waals surface area contributed by atoms with Crippen molar-refractivity contribution < 1.29 is 14.6 Å². The van der Waals surface area contributed by atoms with Gasteiger partial charge in [-0.1, -0.05) is 29.8 Å². The van der Waals surface area contributed by atoms with E-state index in [-0.39, 0.29) is 16.6 Å². The lowest BCUT2D eigenvalue weighted by Crippen LogP contribution is -2.42. The Labute approximate surface area is 115 Å². The second-order valence-corrected chi connectivity index (χ2v) is 6.97. The predicted octanol–water partition coefficient (Wildman–Crippen LogP) is 3.99. The van der Waals surface area contributed by atoms with Crippen molar-refractivity contribution in [2.75, 3.05) is 0 Å². The Morgan fingerprint density at radius 2 is 1.94 bits per heavy atom. The molecule has 0 spiro atoms. The van der Waals surface area contributed by atoms with Gasteiger partial charge in [-0.15, -0.1) is 0 Å². The number of halogens is 1. The van der Waals surface area contributed by atoms with Gasteiger partial charge in [0.05, 0.1) is 0 Å². The Kier molecular flexibility index (Phi) is 2.97. The van der Waals surface area contributed by atoms with Gasteiger partial charge in [-0.25, -0.2) is 4.79 Å². The van der Waals surface area contributed by atoms with E-state index in [9.17, 15) is 9.90 Å². The predicted molar refractivity (Wildman–Crippen MR) is 73.5 cm³/mol. The Morgan fingerprint density at radius 3 is 2.50 bits per heavy atom. The molecule has 4 heteroatoms. The van der Waals surface area contributed by atoms with E-state index in [0.29, 0.717) is 5.75 Å². The van der Waals surface area contributed by atoms with Gasteiger partial charge >= 0.3 is 5.97 Å². The highest BCUT2D eigenvalue weighted by molar-refractivity contribution is 9.10. The number of rotatable bonds is 1. The van der Waals surface area contributed by atoms with Crippen LogP contribution in [0.5, 0.6) is 5.75 Å². The van der Waals surface area contributed by atoms with Gasteiger partial charge in [-0.2, -0.15) is 0 Å². The Balaban J connectivity index is 2.72. The van der Waals surface area contributed by atoms with Crippen LogP contribution in [0.2, 0.25) is 0 Å². The van der Waals surface area contributed by atoms with Crippen molar-refractivity contribution >= 4 is 21.9 Å². The Hall–Kier alpha value is -1.03. The summed E-state index contributed by atoms with van der Waals surface area (Å²) < 4.78 is 6.67. The molecule has 0 saturated heterocycles. The molecular weight excluding hydrogens is 296 g/mol. The first kappa shape index (κ1) is 13.4. The van der Waals surface area contributed by atoms with Crippen LogP contribution in [0, 0.1) is 0 Å². The lowest BCUT2D eigenvalue weighted by molar-refractivity contribution is 0.0486. The number of hydrogen-bond donors (Lipinski definition) is 1. The minimum atomic E-state index is -0.957. The zero-order valence-electron chi connectivity index (χ0n) is 11.0. The molecule has 0 fully saturated rings. The van der Waals surface area contributed by atoms with E-state index >= 15 is 0 Å². The molecule has 0 aliphatic carbocycles. The highest BCUT2D eigenvalue weighted by Crippen LogP contribution is 2.47. The van der Waals surface area contributed by atoms with Crippen LogP contribution >= 0.6 is 15.9 Å². The van der Waals surface area contributed by atoms with Gasteiger partial charge in [0.1, 0.15) is 16.9 Å². The van der Waals surface area contributed by atoms with E-state index in [0.717, 1.165) is 16.5 Å². The van der Waals surface area contributed by atoms with Gasteiger partial charge in [0.25, 0.3) is 0 Å². The summed E-state index contributed by atoms with van der Waals surface area (Å²) in [5.41, 5.74) is 0.716. The Morgan fingerprint density at radius 1 is 1.33 bits per heavy atom. The summed E-state index contributed by atoms with van der Waals surface area (Å²) in [5, 5.41) is 9.30. The first-order chi connectivity index (χ1) is 8.12. The summed E-state index contributed by atoms with van der Waals surface area (Å²) in [4.78, 5) is 11.3. The molecule has 18 heavy (non-hydrogen) atoms. The van der Waals surface area contributed by atoms with Gasteiger partial charge in [0, 0.05) is 10.0 Å². The number of hydrogen-bond acceptors (Lipinski definition) is 2. The second kappa shape index (κ2) is 3.98. The molecule has 0 aromatic heterocycles. The van der Waals surface area contributed by atoms with Gasteiger partial charge in [0.2, 0.25) is 0 Å². The fraction of sp³-hybridized carbons (Fsp3) is 0.500. The number of carboxylic acid groups (broad SMARTS) is 1. The van der Waals surface area contributed by atoms with Crippen LogP contribution in [0.25, 0.3) is 0 Å². The lowest BCUT2D eigenvalue weighted by Gasteiger charge is -2.43.